The molecule has 0 radical (unpaired) electrons. The molecular formula is C11H18N2O3S. The molecule has 3 N–H and O–H groups in total. The smallest absolute Gasteiger partial charge is 0.242 e. The van der Waals surface area contributed by atoms with Crippen LogP contribution in [0.1, 0.15) is 25.7 Å². The molecular weight excluding hydrogens is 240 g/mol. The molecule has 2 rings (SSSR count). The van der Waals surface area contributed by atoms with Crippen molar-refractivity contribution in [3.63, 3.8) is 0 Å². The SMILES string of the molecule is O=S(=O)(NCC1(CO)CCCC1)c1cc[nH]c1. The Bertz CT molecular complexity index is 447. The zero-order valence-corrected chi connectivity index (χ0v) is 10.5. The van der Waals surface area contributed by atoms with Crippen LogP contribution in [0, 0.1) is 5.41 Å². The van der Waals surface area contributed by atoms with Crippen LogP contribution in [-0.2, 0) is 10.0 Å². The lowest BCUT2D eigenvalue weighted by molar-refractivity contribution is 0.134. The Kier molecular flexibility index (Phi) is 3.56. The van der Waals surface area contributed by atoms with E-state index in [0.717, 1.165) is 25.7 Å². The second-order valence-corrected chi connectivity index (χ2v) is 6.50. The van der Waals surface area contributed by atoms with E-state index in [1.54, 1.807) is 6.20 Å². The molecule has 0 aliphatic heterocycles. The van der Waals surface area contributed by atoms with Crippen LogP contribution in [0.2, 0.25) is 0 Å². The summed E-state index contributed by atoms with van der Waals surface area (Å²) in [5.41, 5.74) is -0.261. The van der Waals surface area contributed by atoms with Crippen LogP contribution in [0.25, 0.3) is 0 Å². The van der Waals surface area contributed by atoms with Crippen LogP contribution in [0.3, 0.4) is 0 Å². The van der Waals surface area contributed by atoms with Gasteiger partial charge in [-0.2, -0.15) is 0 Å². The fourth-order valence-electron chi connectivity index (χ4n) is 2.32. The largest absolute Gasteiger partial charge is 0.396 e. The third kappa shape index (κ3) is 2.70. The number of aliphatic hydroxyl groups excluding tert-OH is 1. The van der Waals surface area contributed by atoms with Crippen LogP contribution in [0.5, 0.6) is 0 Å². The Morgan fingerprint density at radius 2 is 2.12 bits per heavy atom. The van der Waals surface area contributed by atoms with Gasteiger partial charge in [0.25, 0.3) is 0 Å². The van der Waals surface area contributed by atoms with Crippen LogP contribution in [0.4, 0.5) is 0 Å². The number of hydrogen-bond donors (Lipinski definition) is 3. The lowest BCUT2D eigenvalue weighted by atomic mass is 9.88. The van der Waals surface area contributed by atoms with Gasteiger partial charge in [-0.3, -0.25) is 0 Å². The average Bonchev–Trinajstić information content (AvgIpc) is 2.99. The summed E-state index contributed by atoms with van der Waals surface area (Å²) >= 11 is 0. The minimum atomic E-state index is -3.44. The fourth-order valence-corrected chi connectivity index (χ4v) is 3.46. The van der Waals surface area contributed by atoms with Gasteiger partial charge in [-0.1, -0.05) is 12.8 Å². The van der Waals surface area contributed by atoms with E-state index in [2.05, 4.69) is 9.71 Å². The van der Waals surface area contributed by atoms with Crippen molar-refractivity contribution in [2.75, 3.05) is 13.2 Å². The third-order valence-corrected chi connectivity index (χ3v) is 4.92. The molecule has 0 spiro atoms. The summed E-state index contributed by atoms with van der Waals surface area (Å²) in [5, 5.41) is 9.40. The van der Waals surface area contributed by atoms with E-state index in [4.69, 9.17) is 0 Å². The summed E-state index contributed by atoms with van der Waals surface area (Å²) in [6, 6.07) is 1.52. The Hall–Kier alpha value is -0.850. The molecule has 0 aromatic carbocycles. The average molecular weight is 258 g/mol. The van der Waals surface area contributed by atoms with Crippen molar-refractivity contribution in [3.8, 4) is 0 Å². The number of rotatable bonds is 5. The molecule has 6 heteroatoms. The highest BCUT2D eigenvalue weighted by atomic mass is 32.2. The van der Waals surface area contributed by atoms with Gasteiger partial charge in [-0.25, -0.2) is 13.1 Å². The van der Waals surface area contributed by atoms with Crippen molar-refractivity contribution in [2.24, 2.45) is 5.41 Å². The Morgan fingerprint density at radius 3 is 2.65 bits per heavy atom. The first-order valence-corrected chi connectivity index (χ1v) is 7.30. The van der Waals surface area contributed by atoms with Gasteiger partial charge in [0.2, 0.25) is 10.0 Å². The molecule has 0 unspecified atom stereocenters. The maximum absolute atomic E-state index is 11.9. The molecule has 0 bridgehead atoms. The first-order valence-electron chi connectivity index (χ1n) is 5.81. The number of aromatic amines is 1. The number of sulfonamides is 1. The molecule has 1 fully saturated rings. The van der Waals surface area contributed by atoms with Gasteiger partial charge in [0.15, 0.2) is 0 Å². The predicted molar refractivity (Wildman–Crippen MR) is 64.0 cm³/mol. The van der Waals surface area contributed by atoms with E-state index in [1.807, 2.05) is 0 Å². The number of aliphatic hydroxyl groups is 1. The topological polar surface area (TPSA) is 82.2 Å². The molecule has 1 aliphatic carbocycles. The van der Waals surface area contributed by atoms with E-state index in [9.17, 15) is 13.5 Å². The van der Waals surface area contributed by atoms with Gasteiger partial charge in [0, 0.05) is 31.0 Å². The van der Waals surface area contributed by atoms with Crippen molar-refractivity contribution in [3.05, 3.63) is 18.5 Å². The maximum Gasteiger partial charge on any atom is 0.242 e. The van der Waals surface area contributed by atoms with Gasteiger partial charge >= 0.3 is 0 Å². The summed E-state index contributed by atoms with van der Waals surface area (Å²) in [7, 11) is -3.44. The molecule has 5 nitrogen and oxygen atoms in total. The van der Waals surface area contributed by atoms with E-state index in [1.165, 1.54) is 12.3 Å². The number of H-pyrrole nitrogens is 1. The minimum absolute atomic E-state index is 0.0443. The van der Waals surface area contributed by atoms with Gasteiger partial charge < -0.3 is 10.1 Å². The molecule has 17 heavy (non-hydrogen) atoms. The summed E-state index contributed by atoms with van der Waals surface area (Å²) < 4.78 is 26.4. The third-order valence-electron chi connectivity index (χ3n) is 3.52. The first kappa shape index (κ1) is 12.6. The Balaban J connectivity index is 2.02. The predicted octanol–water partition coefficient (Wildman–Crippen LogP) is 0.846. The summed E-state index contributed by atoms with van der Waals surface area (Å²) in [4.78, 5) is 2.96. The summed E-state index contributed by atoms with van der Waals surface area (Å²) in [6.45, 7) is 0.361. The molecule has 1 aromatic rings. The molecule has 0 saturated heterocycles. The van der Waals surface area contributed by atoms with Gasteiger partial charge in [0.05, 0.1) is 4.90 Å². The van der Waals surface area contributed by atoms with Crippen molar-refractivity contribution < 1.29 is 13.5 Å². The highest BCUT2D eigenvalue weighted by Crippen LogP contribution is 2.37. The van der Waals surface area contributed by atoms with Crippen molar-refractivity contribution in [1.82, 2.24) is 9.71 Å². The molecule has 1 heterocycles. The van der Waals surface area contributed by atoms with Crippen LogP contribution >= 0.6 is 0 Å². The minimum Gasteiger partial charge on any atom is -0.396 e. The van der Waals surface area contributed by atoms with E-state index >= 15 is 0 Å². The second-order valence-electron chi connectivity index (χ2n) is 4.74. The number of hydrogen-bond acceptors (Lipinski definition) is 3. The molecule has 0 amide bonds. The van der Waals surface area contributed by atoms with E-state index in [-0.39, 0.29) is 16.9 Å². The van der Waals surface area contributed by atoms with E-state index in [0.29, 0.717) is 6.54 Å². The Labute approximate surface area is 101 Å². The molecule has 0 atom stereocenters. The molecule has 96 valence electrons. The highest BCUT2D eigenvalue weighted by Gasteiger charge is 2.34. The normalized spacial score (nSPS) is 19.6. The Morgan fingerprint density at radius 1 is 1.41 bits per heavy atom. The van der Waals surface area contributed by atoms with Crippen molar-refractivity contribution in [2.45, 2.75) is 30.6 Å². The number of aromatic nitrogens is 1. The summed E-state index contributed by atoms with van der Waals surface area (Å²) in [5.74, 6) is 0. The monoisotopic (exact) mass is 258 g/mol. The first-order chi connectivity index (χ1) is 8.08. The molecule has 1 saturated carbocycles. The van der Waals surface area contributed by atoms with Crippen LogP contribution in [0.15, 0.2) is 23.4 Å². The van der Waals surface area contributed by atoms with Crippen LogP contribution in [-0.4, -0.2) is 31.7 Å². The zero-order valence-electron chi connectivity index (χ0n) is 9.65. The standard InChI is InChI=1S/C11H18N2O3S/c14-9-11(4-1-2-5-11)8-13-17(15,16)10-3-6-12-7-10/h3,6-7,12-14H,1-2,4-5,8-9H2. The van der Waals surface area contributed by atoms with E-state index < -0.39 is 10.0 Å². The lowest BCUT2D eigenvalue weighted by Crippen LogP contribution is -2.38. The second kappa shape index (κ2) is 4.80. The van der Waals surface area contributed by atoms with Gasteiger partial charge in [-0.15, -0.1) is 0 Å². The number of nitrogens with one attached hydrogen (secondary N) is 2. The van der Waals surface area contributed by atoms with Crippen molar-refractivity contribution in [1.29, 1.82) is 0 Å². The highest BCUT2D eigenvalue weighted by molar-refractivity contribution is 7.89. The van der Waals surface area contributed by atoms with Crippen LogP contribution < -0.4 is 4.72 Å². The summed E-state index contributed by atoms with van der Waals surface area (Å²) in [6.07, 6.45) is 6.92. The molecule has 1 aliphatic rings. The quantitative estimate of drug-likeness (QED) is 0.732. The lowest BCUT2D eigenvalue weighted by Gasteiger charge is -2.26. The zero-order chi connectivity index (χ0) is 12.4. The maximum atomic E-state index is 11.9. The molecule has 1 aromatic heterocycles. The van der Waals surface area contributed by atoms with Crippen molar-refractivity contribution >= 4 is 10.0 Å². The van der Waals surface area contributed by atoms with Gasteiger partial charge in [-0.05, 0) is 18.9 Å². The fraction of sp³-hybridized carbons (Fsp3) is 0.636. The van der Waals surface area contributed by atoms with Gasteiger partial charge in [0.1, 0.15) is 0 Å².